The molecule has 0 aliphatic rings. The lowest BCUT2D eigenvalue weighted by Gasteiger charge is -2.12. The lowest BCUT2D eigenvalue weighted by Crippen LogP contribution is -2.14. The van der Waals surface area contributed by atoms with Crippen LogP contribution in [0.1, 0.15) is 22.8 Å². The molecule has 0 saturated heterocycles. The van der Waals surface area contributed by atoms with Crippen molar-refractivity contribution in [3.8, 4) is 5.75 Å². The highest BCUT2D eigenvalue weighted by molar-refractivity contribution is 6.08. The van der Waals surface area contributed by atoms with Gasteiger partial charge in [0.2, 0.25) is 0 Å². The third-order valence-corrected chi connectivity index (χ3v) is 3.55. The molecule has 0 fully saturated rings. The highest BCUT2D eigenvalue weighted by atomic mass is 16.5. The largest absolute Gasteiger partial charge is 0.493 e. The van der Waals surface area contributed by atoms with Crippen molar-refractivity contribution < 1.29 is 9.53 Å². The number of hydrogen-bond donors (Lipinski definition) is 1. The molecular weight excluding hydrogens is 288 g/mol. The number of aryl methyl sites for hydroxylation is 1. The third kappa shape index (κ3) is 3.31. The predicted octanol–water partition coefficient (Wildman–Crippen LogP) is 4.19. The summed E-state index contributed by atoms with van der Waals surface area (Å²) in [4.78, 5) is 16.8. The van der Waals surface area contributed by atoms with Gasteiger partial charge >= 0.3 is 0 Å². The molecule has 3 rings (SSSR count). The monoisotopic (exact) mass is 306 g/mol. The topological polar surface area (TPSA) is 51.2 Å². The van der Waals surface area contributed by atoms with Crippen molar-refractivity contribution in [2.45, 2.75) is 13.8 Å². The van der Waals surface area contributed by atoms with Crippen LogP contribution in [0.25, 0.3) is 10.8 Å². The fourth-order valence-electron chi connectivity index (χ4n) is 2.46. The minimum absolute atomic E-state index is 0.225. The van der Waals surface area contributed by atoms with Crippen LogP contribution in [0.4, 0.5) is 5.82 Å². The summed E-state index contributed by atoms with van der Waals surface area (Å²) in [5.41, 5.74) is 1.55. The summed E-state index contributed by atoms with van der Waals surface area (Å²) in [5, 5.41) is 4.87. The molecule has 1 N–H and O–H groups in total. The Hall–Kier alpha value is -2.88. The molecule has 0 aliphatic heterocycles. The minimum Gasteiger partial charge on any atom is -0.493 e. The number of nitrogens with zero attached hydrogens (tertiary/aromatic N) is 1. The van der Waals surface area contributed by atoms with E-state index in [1.807, 2.05) is 62.4 Å². The second-order valence-electron chi connectivity index (χ2n) is 5.30. The van der Waals surface area contributed by atoms with Crippen molar-refractivity contribution in [1.29, 1.82) is 0 Å². The number of fused-ring (bicyclic) bond motifs is 1. The minimum atomic E-state index is -0.225. The van der Waals surface area contributed by atoms with E-state index >= 15 is 0 Å². The molecule has 0 spiro atoms. The molecule has 116 valence electrons. The molecule has 0 unspecified atom stereocenters. The molecule has 2 aromatic carbocycles. The zero-order chi connectivity index (χ0) is 16.2. The smallest absolute Gasteiger partial charge is 0.260 e. The highest BCUT2D eigenvalue weighted by Gasteiger charge is 2.14. The maximum Gasteiger partial charge on any atom is 0.260 e. The van der Waals surface area contributed by atoms with Gasteiger partial charge < -0.3 is 10.1 Å². The van der Waals surface area contributed by atoms with Gasteiger partial charge in [0.25, 0.3) is 5.91 Å². The molecule has 0 saturated carbocycles. The van der Waals surface area contributed by atoms with Gasteiger partial charge in [-0.2, -0.15) is 0 Å². The fourth-order valence-corrected chi connectivity index (χ4v) is 2.46. The number of ether oxygens (including phenoxy) is 1. The Morgan fingerprint density at radius 3 is 2.57 bits per heavy atom. The van der Waals surface area contributed by atoms with Crippen LogP contribution in [0.3, 0.4) is 0 Å². The normalized spacial score (nSPS) is 10.5. The summed E-state index contributed by atoms with van der Waals surface area (Å²) in [5.74, 6) is 0.888. The maximum absolute atomic E-state index is 12.6. The summed E-state index contributed by atoms with van der Waals surface area (Å²) in [6, 6.07) is 15.4. The van der Waals surface area contributed by atoms with Crippen molar-refractivity contribution in [3.05, 3.63) is 65.9 Å². The third-order valence-electron chi connectivity index (χ3n) is 3.55. The number of rotatable bonds is 4. The number of aromatic nitrogens is 1. The van der Waals surface area contributed by atoms with E-state index in [0.717, 1.165) is 16.3 Å². The van der Waals surface area contributed by atoms with Crippen LogP contribution in [0.15, 0.2) is 54.7 Å². The molecule has 1 heterocycles. The zero-order valence-corrected chi connectivity index (χ0v) is 13.2. The average Bonchev–Trinajstić information content (AvgIpc) is 2.54. The summed E-state index contributed by atoms with van der Waals surface area (Å²) < 4.78 is 5.65. The molecule has 0 aliphatic carbocycles. The highest BCUT2D eigenvalue weighted by Crippen LogP contribution is 2.27. The molecular formula is C19H18N2O2. The number of carbonyl (C=O) groups is 1. The number of carbonyl (C=O) groups excluding carboxylic acids is 1. The second kappa shape index (κ2) is 6.48. The van der Waals surface area contributed by atoms with E-state index in [1.54, 1.807) is 6.20 Å². The molecule has 0 radical (unpaired) electrons. The van der Waals surface area contributed by atoms with Crippen LogP contribution in [0.5, 0.6) is 5.75 Å². The van der Waals surface area contributed by atoms with Gasteiger partial charge in [-0.1, -0.05) is 24.3 Å². The second-order valence-corrected chi connectivity index (χ2v) is 5.30. The first kappa shape index (κ1) is 15.0. The number of anilines is 1. The Kier molecular flexibility index (Phi) is 4.24. The van der Waals surface area contributed by atoms with Crippen LogP contribution < -0.4 is 10.1 Å². The first-order valence-corrected chi connectivity index (χ1v) is 7.57. The molecule has 0 bridgehead atoms. The van der Waals surface area contributed by atoms with E-state index in [-0.39, 0.29) is 5.91 Å². The Balaban J connectivity index is 1.99. The Labute approximate surface area is 135 Å². The van der Waals surface area contributed by atoms with E-state index in [9.17, 15) is 4.79 Å². The predicted molar refractivity (Wildman–Crippen MR) is 92.0 cm³/mol. The maximum atomic E-state index is 12.6. The average molecular weight is 306 g/mol. The molecule has 4 heteroatoms. The van der Waals surface area contributed by atoms with Gasteiger partial charge in [-0.15, -0.1) is 0 Å². The van der Waals surface area contributed by atoms with Crippen molar-refractivity contribution in [3.63, 3.8) is 0 Å². The lowest BCUT2D eigenvalue weighted by atomic mass is 10.1. The number of amides is 1. The van der Waals surface area contributed by atoms with Crippen molar-refractivity contribution in [1.82, 2.24) is 4.98 Å². The van der Waals surface area contributed by atoms with Gasteiger partial charge in [0, 0.05) is 6.20 Å². The van der Waals surface area contributed by atoms with E-state index in [0.29, 0.717) is 23.7 Å². The molecule has 1 aromatic heterocycles. The lowest BCUT2D eigenvalue weighted by molar-refractivity contribution is 0.102. The molecule has 0 atom stereocenters. The Morgan fingerprint density at radius 2 is 1.87 bits per heavy atom. The first-order valence-electron chi connectivity index (χ1n) is 7.57. The van der Waals surface area contributed by atoms with Gasteiger partial charge in [-0.3, -0.25) is 4.79 Å². The summed E-state index contributed by atoms with van der Waals surface area (Å²) in [6.07, 6.45) is 1.68. The number of nitrogens with one attached hydrogen (secondary N) is 1. The first-order chi connectivity index (χ1) is 11.2. The van der Waals surface area contributed by atoms with Crippen LogP contribution in [-0.2, 0) is 0 Å². The van der Waals surface area contributed by atoms with Gasteiger partial charge in [0.05, 0.1) is 12.2 Å². The Bertz CT molecular complexity index is 859. The summed E-state index contributed by atoms with van der Waals surface area (Å²) in [7, 11) is 0. The van der Waals surface area contributed by atoms with E-state index < -0.39 is 0 Å². The van der Waals surface area contributed by atoms with E-state index in [4.69, 9.17) is 4.74 Å². The van der Waals surface area contributed by atoms with Crippen molar-refractivity contribution >= 4 is 22.5 Å². The van der Waals surface area contributed by atoms with Crippen LogP contribution >= 0.6 is 0 Å². The van der Waals surface area contributed by atoms with Crippen LogP contribution in [0.2, 0.25) is 0 Å². The summed E-state index contributed by atoms with van der Waals surface area (Å²) in [6.45, 7) is 4.36. The number of benzene rings is 2. The van der Waals surface area contributed by atoms with Crippen molar-refractivity contribution in [2.24, 2.45) is 0 Å². The van der Waals surface area contributed by atoms with Crippen LogP contribution in [-0.4, -0.2) is 17.5 Å². The number of hydrogen-bond acceptors (Lipinski definition) is 3. The van der Waals surface area contributed by atoms with E-state index in [1.165, 1.54) is 0 Å². The van der Waals surface area contributed by atoms with Gasteiger partial charge in [0.1, 0.15) is 11.6 Å². The van der Waals surface area contributed by atoms with Crippen molar-refractivity contribution in [2.75, 3.05) is 11.9 Å². The fraction of sp³-hybridized carbons (Fsp3) is 0.158. The van der Waals surface area contributed by atoms with Gasteiger partial charge in [-0.25, -0.2) is 4.98 Å². The standard InChI is InChI=1S/C19H18N2O2/c1-3-23-17-12-15-7-5-4-6-14(15)11-16(17)19(22)21-18-10-13(2)8-9-20-18/h4-12H,3H2,1-2H3,(H,20,21,22). The summed E-state index contributed by atoms with van der Waals surface area (Å²) >= 11 is 0. The van der Waals surface area contributed by atoms with Gasteiger partial charge in [-0.05, 0) is 54.4 Å². The SMILES string of the molecule is CCOc1cc2ccccc2cc1C(=O)Nc1cc(C)ccn1. The van der Waals surface area contributed by atoms with Gasteiger partial charge in [0.15, 0.2) is 0 Å². The quantitative estimate of drug-likeness (QED) is 0.786. The molecule has 3 aromatic rings. The molecule has 4 nitrogen and oxygen atoms in total. The zero-order valence-electron chi connectivity index (χ0n) is 13.2. The molecule has 1 amide bonds. The number of pyridine rings is 1. The Morgan fingerprint density at radius 1 is 1.13 bits per heavy atom. The van der Waals surface area contributed by atoms with Crippen LogP contribution in [0, 0.1) is 6.92 Å². The van der Waals surface area contributed by atoms with E-state index in [2.05, 4.69) is 10.3 Å². The molecule has 23 heavy (non-hydrogen) atoms.